The van der Waals surface area contributed by atoms with Gasteiger partial charge in [0.2, 0.25) is 5.75 Å². The average molecular weight is 334 g/mol. The van der Waals surface area contributed by atoms with Crippen LogP contribution in [0.4, 0.5) is 4.79 Å². The molecule has 0 radical (unpaired) electrons. The molecule has 0 saturated heterocycles. The highest BCUT2D eigenvalue weighted by atomic mass is 16.7. The average Bonchev–Trinajstić information content (AvgIpc) is 3.01. The molecule has 0 aliphatic rings. The van der Waals surface area contributed by atoms with Gasteiger partial charge >= 0.3 is 11.8 Å². The molecule has 0 bridgehead atoms. The summed E-state index contributed by atoms with van der Waals surface area (Å²) in [5.41, 5.74) is -0.338. The number of methoxy groups -OCH3 is 2. The molecule has 0 fully saturated rings. The van der Waals surface area contributed by atoms with E-state index < -0.39 is 11.8 Å². The van der Waals surface area contributed by atoms with Crippen LogP contribution in [-0.4, -0.2) is 27.0 Å². The molecule has 0 atom stereocenters. The molecule has 2 heterocycles. The van der Waals surface area contributed by atoms with Gasteiger partial charge in [-0.2, -0.15) is 0 Å². The molecule has 3 aromatic rings. The summed E-state index contributed by atoms with van der Waals surface area (Å²) < 4.78 is 31.2. The highest BCUT2D eigenvalue weighted by molar-refractivity contribution is 6.09. The van der Waals surface area contributed by atoms with E-state index >= 15 is 0 Å². The van der Waals surface area contributed by atoms with Crippen LogP contribution in [0.3, 0.4) is 0 Å². The summed E-state index contributed by atoms with van der Waals surface area (Å²) >= 11 is 0. The molecule has 1 aromatic carbocycles. The molecular weight excluding hydrogens is 320 g/mol. The molecular formula is C16H14O8. The van der Waals surface area contributed by atoms with Crippen LogP contribution in [0.1, 0.15) is 6.92 Å². The van der Waals surface area contributed by atoms with Crippen LogP contribution >= 0.6 is 0 Å². The van der Waals surface area contributed by atoms with E-state index in [2.05, 4.69) is 0 Å². The third-order valence-electron chi connectivity index (χ3n) is 3.34. The summed E-state index contributed by atoms with van der Waals surface area (Å²) in [6.45, 7) is 1.77. The van der Waals surface area contributed by atoms with Gasteiger partial charge in [0.05, 0.1) is 38.5 Å². The molecule has 24 heavy (non-hydrogen) atoms. The Bertz CT molecular complexity index is 966. The molecule has 0 aliphatic carbocycles. The number of rotatable bonds is 4. The minimum atomic E-state index is -0.947. The molecule has 8 heteroatoms. The van der Waals surface area contributed by atoms with Gasteiger partial charge in [-0.05, 0) is 13.0 Å². The first-order valence-corrected chi connectivity index (χ1v) is 7.04. The number of furan rings is 1. The molecule has 0 aliphatic heterocycles. The maximum Gasteiger partial charge on any atom is 0.513 e. The Balaban J connectivity index is 2.40. The van der Waals surface area contributed by atoms with Crippen LogP contribution in [0.2, 0.25) is 0 Å². The Morgan fingerprint density at radius 2 is 1.92 bits per heavy atom. The minimum absolute atomic E-state index is 0.0450. The fourth-order valence-electron chi connectivity index (χ4n) is 2.46. The van der Waals surface area contributed by atoms with Crippen molar-refractivity contribution in [1.82, 2.24) is 0 Å². The summed E-state index contributed by atoms with van der Waals surface area (Å²) in [6.07, 6.45) is 0.496. The lowest BCUT2D eigenvalue weighted by Gasteiger charge is -2.13. The Labute approximate surface area is 135 Å². The van der Waals surface area contributed by atoms with Crippen molar-refractivity contribution in [2.45, 2.75) is 6.92 Å². The van der Waals surface area contributed by atoms with Crippen LogP contribution in [0, 0.1) is 0 Å². The van der Waals surface area contributed by atoms with Crippen LogP contribution < -0.4 is 19.8 Å². The summed E-state index contributed by atoms with van der Waals surface area (Å²) in [5, 5.41) is 0.834. The van der Waals surface area contributed by atoms with Gasteiger partial charge in [-0.15, -0.1) is 0 Å². The van der Waals surface area contributed by atoms with Gasteiger partial charge in [0.1, 0.15) is 11.1 Å². The van der Waals surface area contributed by atoms with Gasteiger partial charge < -0.3 is 27.8 Å². The fraction of sp³-hybridized carbons (Fsp3) is 0.250. The van der Waals surface area contributed by atoms with E-state index in [9.17, 15) is 9.59 Å². The number of fused-ring (bicyclic) bond motifs is 2. The van der Waals surface area contributed by atoms with E-state index in [4.69, 9.17) is 27.8 Å². The van der Waals surface area contributed by atoms with Gasteiger partial charge in [0, 0.05) is 0 Å². The van der Waals surface area contributed by atoms with Crippen molar-refractivity contribution in [2.75, 3.05) is 20.8 Å². The smallest absolute Gasteiger partial charge is 0.495 e. The highest BCUT2D eigenvalue weighted by Gasteiger charge is 2.25. The Hall–Kier alpha value is -3.16. The zero-order valence-electron chi connectivity index (χ0n) is 13.2. The second kappa shape index (κ2) is 6.15. The third-order valence-corrected chi connectivity index (χ3v) is 3.34. The number of carbonyl (C=O) groups excluding carboxylic acids is 1. The van der Waals surface area contributed by atoms with Crippen LogP contribution in [0.25, 0.3) is 21.9 Å². The number of carbonyl (C=O) groups is 1. The van der Waals surface area contributed by atoms with Crippen molar-refractivity contribution in [2.24, 2.45) is 0 Å². The predicted octanol–water partition coefficient (Wildman–Crippen LogP) is 3.09. The van der Waals surface area contributed by atoms with Gasteiger partial charge in [-0.25, -0.2) is 9.59 Å². The SMILES string of the molecule is CCOC(=O)Oc1cc(=O)oc2c(OC)c3occc3c(OC)c12. The number of hydrogen-bond acceptors (Lipinski definition) is 8. The van der Waals surface area contributed by atoms with E-state index in [1.54, 1.807) is 13.0 Å². The highest BCUT2D eigenvalue weighted by Crippen LogP contribution is 2.45. The second-order valence-electron chi connectivity index (χ2n) is 4.65. The molecule has 126 valence electrons. The first-order chi connectivity index (χ1) is 11.6. The first-order valence-electron chi connectivity index (χ1n) is 7.04. The summed E-state index contributed by atoms with van der Waals surface area (Å²) in [6, 6.07) is 2.70. The molecule has 3 rings (SSSR count). The van der Waals surface area contributed by atoms with Crippen molar-refractivity contribution in [3.05, 3.63) is 28.8 Å². The van der Waals surface area contributed by atoms with E-state index in [1.807, 2.05) is 0 Å². The lowest BCUT2D eigenvalue weighted by molar-refractivity contribution is 0.104. The van der Waals surface area contributed by atoms with E-state index in [-0.39, 0.29) is 29.1 Å². The van der Waals surface area contributed by atoms with E-state index in [0.29, 0.717) is 16.7 Å². The zero-order chi connectivity index (χ0) is 17.3. The number of ether oxygens (including phenoxy) is 4. The lowest BCUT2D eigenvalue weighted by atomic mass is 10.1. The summed E-state index contributed by atoms with van der Waals surface area (Å²) in [5.74, 6) is 0.452. The normalized spacial score (nSPS) is 10.8. The second-order valence-corrected chi connectivity index (χ2v) is 4.65. The van der Waals surface area contributed by atoms with Crippen molar-refractivity contribution in [3.8, 4) is 17.2 Å². The molecule has 8 nitrogen and oxygen atoms in total. The maximum atomic E-state index is 11.9. The monoisotopic (exact) mass is 334 g/mol. The maximum absolute atomic E-state index is 11.9. The first kappa shape index (κ1) is 15.7. The molecule has 0 unspecified atom stereocenters. The van der Waals surface area contributed by atoms with E-state index in [1.165, 1.54) is 20.5 Å². The Kier molecular flexibility index (Phi) is 4.03. The van der Waals surface area contributed by atoms with Crippen molar-refractivity contribution < 1.29 is 32.6 Å². The largest absolute Gasteiger partial charge is 0.513 e. The van der Waals surface area contributed by atoms with Crippen LogP contribution in [0.15, 0.2) is 32.0 Å². The molecule has 2 aromatic heterocycles. The third kappa shape index (κ3) is 2.41. The fourth-order valence-corrected chi connectivity index (χ4v) is 2.46. The number of benzene rings is 1. The van der Waals surface area contributed by atoms with E-state index in [0.717, 1.165) is 6.07 Å². The summed E-state index contributed by atoms with van der Waals surface area (Å²) in [7, 11) is 2.84. The minimum Gasteiger partial charge on any atom is -0.495 e. The lowest BCUT2D eigenvalue weighted by Crippen LogP contribution is -2.12. The van der Waals surface area contributed by atoms with Crippen LogP contribution in [0.5, 0.6) is 17.2 Å². The Morgan fingerprint density at radius 1 is 1.17 bits per heavy atom. The van der Waals surface area contributed by atoms with Crippen molar-refractivity contribution >= 4 is 28.1 Å². The molecule has 0 N–H and O–H groups in total. The van der Waals surface area contributed by atoms with Gasteiger partial charge in [-0.3, -0.25) is 0 Å². The van der Waals surface area contributed by atoms with Crippen molar-refractivity contribution in [3.63, 3.8) is 0 Å². The topological polar surface area (TPSA) is 97.3 Å². The van der Waals surface area contributed by atoms with Gasteiger partial charge in [0.15, 0.2) is 16.9 Å². The van der Waals surface area contributed by atoms with Crippen LogP contribution in [-0.2, 0) is 4.74 Å². The Morgan fingerprint density at radius 3 is 2.58 bits per heavy atom. The summed E-state index contributed by atoms with van der Waals surface area (Å²) in [4.78, 5) is 23.5. The van der Waals surface area contributed by atoms with Gasteiger partial charge in [-0.1, -0.05) is 0 Å². The molecule has 0 saturated carbocycles. The molecule has 0 amide bonds. The standard InChI is InChI=1S/C16H14O8/c1-4-21-16(18)23-9-7-10(17)24-14-11(9)12(19-2)8-5-6-22-13(8)15(14)20-3/h5-7H,4H2,1-3H3. The molecule has 0 spiro atoms. The predicted molar refractivity (Wildman–Crippen MR) is 83.0 cm³/mol. The quantitative estimate of drug-likeness (QED) is 0.530. The van der Waals surface area contributed by atoms with Crippen molar-refractivity contribution in [1.29, 1.82) is 0 Å². The van der Waals surface area contributed by atoms with Gasteiger partial charge in [0.25, 0.3) is 0 Å². The zero-order valence-corrected chi connectivity index (χ0v) is 13.2. The number of hydrogen-bond donors (Lipinski definition) is 0.